The Morgan fingerprint density at radius 3 is 2.82 bits per heavy atom. The highest BCUT2D eigenvalue weighted by molar-refractivity contribution is 7.99. The predicted molar refractivity (Wildman–Crippen MR) is 84.2 cm³/mol. The van der Waals surface area contributed by atoms with Gasteiger partial charge >= 0.3 is 0 Å². The van der Waals surface area contributed by atoms with Crippen LogP contribution >= 0.6 is 11.8 Å². The molecule has 0 aromatic carbocycles. The summed E-state index contributed by atoms with van der Waals surface area (Å²) < 4.78 is 7.74. The van der Waals surface area contributed by atoms with Crippen molar-refractivity contribution in [1.82, 2.24) is 9.38 Å². The Bertz CT molecular complexity index is 660. The lowest BCUT2D eigenvalue weighted by molar-refractivity contribution is -0.0784. The third-order valence-corrected chi connectivity index (χ3v) is 4.99. The van der Waals surface area contributed by atoms with Gasteiger partial charge in [-0.2, -0.15) is 0 Å². The number of fused-ring (bicyclic) bond motifs is 1. The van der Waals surface area contributed by atoms with Gasteiger partial charge in [-0.05, 0) is 18.1 Å². The van der Waals surface area contributed by atoms with Crippen LogP contribution < -0.4 is 4.74 Å². The number of nitrogens with zero attached hydrogens (tertiary/aromatic N) is 2. The average Bonchev–Trinajstić information content (AvgIpc) is 2.93. The van der Waals surface area contributed by atoms with Crippen LogP contribution in [-0.2, 0) is 0 Å². The fraction of sp³-hybridized carbons (Fsp3) is 0.533. The van der Waals surface area contributed by atoms with Crippen molar-refractivity contribution in [2.45, 2.75) is 43.5 Å². The van der Waals surface area contributed by atoms with Crippen LogP contribution in [0.15, 0.2) is 24.5 Å². The molecule has 1 fully saturated rings. The second kappa shape index (κ2) is 6.08. The zero-order valence-electron chi connectivity index (χ0n) is 12.5. The molecule has 1 aliphatic heterocycles. The quantitative estimate of drug-likeness (QED) is 0.780. The standard InChI is InChI=1S/C15H20N2O4S/c1-8(2)9-6-17-5-3-4-11(14(17)16-9)21-15-13(20)12(19)10(18)7-22-15/h3-6,8,10,12-13,15,18-20H,7H2,1-2H3/t10-,12+,13-,15+/m1/s1. The van der Waals surface area contributed by atoms with Crippen molar-refractivity contribution in [3.05, 3.63) is 30.2 Å². The number of ether oxygens (including phenoxy) is 1. The molecule has 0 amide bonds. The number of pyridine rings is 1. The third-order valence-electron chi connectivity index (χ3n) is 3.75. The van der Waals surface area contributed by atoms with E-state index in [1.807, 2.05) is 22.9 Å². The normalized spacial score (nSPS) is 29.2. The molecular weight excluding hydrogens is 304 g/mol. The molecule has 6 nitrogen and oxygen atoms in total. The lowest BCUT2D eigenvalue weighted by Gasteiger charge is -2.34. The first-order valence-corrected chi connectivity index (χ1v) is 8.32. The van der Waals surface area contributed by atoms with E-state index in [9.17, 15) is 15.3 Å². The van der Waals surface area contributed by atoms with Crippen molar-refractivity contribution in [1.29, 1.82) is 0 Å². The highest BCUT2D eigenvalue weighted by Crippen LogP contribution is 2.31. The van der Waals surface area contributed by atoms with E-state index in [1.165, 1.54) is 11.8 Å². The molecule has 0 unspecified atom stereocenters. The van der Waals surface area contributed by atoms with Gasteiger partial charge in [0.05, 0.1) is 11.8 Å². The Morgan fingerprint density at radius 2 is 2.09 bits per heavy atom. The first-order valence-electron chi connectivity index (χ1n) is 7.27. The number of rotatable bonds is 3. The monoisotopic (exact) mass is 324 g/mol. The molecule has 4 atom stereocenters. The summed E-state index contributed by atoms with van der Waals surface area (Å²) in [5, 5.41) is 29.4. The van der Waals surface area contributed by atoms with Gasteiger partial charge in [0.15, 0.2) is 16.8 Å². The maximum absolute atomic E-state index is 10.1. The number of hydrogen-bond acceptors (Lipinski definition) is 6. The van der Waals surface area contributed by atoms with Crippen molar-refractivity contribution in [3.63, 3.8) is 0 Å². The van der Waals surface area contributed by atoms with E-state index in [0.717, 1.165) is 5.69 Å². The molecule has 3 N–H and O–H groups in total. The van der Waals surface area contributed by atoms with E-state index < -0.39 is 23.7 Å². The van der Waals surface area contributed by atoms with E-state index in [0.29, 0.717) is 23.1 Å². The molecule has 2 aromatic heterocycles. The fourth-order valence-electron chi connectivity index (χ4n) is 2.38. The van der Waals surface area contributed by atoms with Gasteiger partial charge in [-0.15, -0.1) is 11.8 Å². The van der Waals surface area contributed by atoms with Gasteiger partial charge in [-0.3, -0.25) is 0 Å². The molecule has 120 valence electrons. The Kier molecular flexibility index (Phi) is 4.31. The predicted octanol–water partition coefficient (Wildman–Crippen LogP) is 0.992. The zero-order chi connectivity index (χ0) is 15.9. The molecule has 0 saturated carbocycles. The van der Waals surface area contributed by atoms with Crippen molar-refractivity contribution < 1.29 is 20.1 Å². The van der Waals surface area contributed by atoms with Gasteiger partial charge in [0.25, 0.3) is 0 Å². The van der Waals surface area contributed by atoms with E-state index in [4.69, 9.17) is 4.74 Å². The molecule has 1 saturated heterocycles. The summed E-state index contributed by atoms with van der Waals surface area (Å²) in [7, 11) is 0. The van der Waals surface area contributed by atoms with Crippen LogP contribution in [0.2, 0.25) is 0 Å². The Balaban J connectivity index is 1.87. The topological polar surface area (TPSA) is 87.2 Å². The van der Waals surface area contributed by atoms with Crippen molar-refractivity contribution in [2.24, 2.45) is 0 Å². The molecular formula is C15H20N2O4S. The van der Waals surface area contributed by atoms with Gasteiger partial charge < -0.3 is 24.5 Å². The first kappa shape index (κ1) is 15.6. The summed E-state index contributed by atoms with van der Waals surface area (Å²) in [5.41, 5.74) is 1.01. The van der Waals surface area contributed by atoms with Crippen LogP contribution in [0.3, 0.4) is 0 Å². The smallest absolute Gasteiger partial charge is 0.180 e. The van der Waals surface area contributed by atoms with E-state index in [1.54, 1.807) is 6.07 Å². The summed E-state index contributed by atoms with van der Waals surface area (Å²) >= 11 is 1.28. The van der Waals surface area contributed by atoms with Gasteiger partial charge in [0.2, 0.25) is 0 Å². The maximum atomic E-state index is 10.1. The number of imidazole rings is 1. The summed E-state index contributed by atoms with van der Waals surface area (Å²) in [5.74, 6) is 1.17. The Labute approximate surface area is 132 Å². The lowest BCUT2D eigenvalue weighted by Crippen LogP contribution is -2.50. The van der Waals surface area contributed by atoms with E-state index in [2.05, 4.69) is 18.8 Å². The number of thioether (sulfide) groups is 1. The summed E-state index contributed by atoms with van der Waals surface area (Å²) in [6, 6.07) is 3.64. The second-order valence-corrected chi connectivity index (χ2v) is 6.92. The van der Waals surface area contributed by atoms with Crippen LogP contribution in [0, 0.1) is 0 Å². The molecule has 0 spiro atoms. The van der Waals surface area contributed by atoms with Gasteiger partial charge in [0, 0.05) is 18.1 Å². The zero-order valence-corrected chi connectivity index (χ0v) is 13.3. The van der Waals surface area contributed by atoms with Gasteiger partial charge in [0.1, 0.15) is 12.2 Å². The van der Waals surface area contributed by atoms with Crippen molar-refractivity contribution in [2.75, 3.05) is 5.75 Å². The summed E-state index contributed by atoms with van der Waals surface area (Å²) in [4.78, 5) is 4.57. The van der Waals surface area contributed by atoms with Crippen molar-refractivity contribution in [3.8, 4) is 5.75 Å². The minimum atomic E-state index is -1.20. The SMILES string of the molecule is CC(C)c1cn2cccc(O[C@H]3SC[C@@H](O)[C@H](O)[C@H]3O)c2n1. The average molecular weight is 324 g/mol. The number of aliphatic hydroxyl groups excluding tert-OH is 3. The molecule has 1 aliphatic rings. The van der Waals surface area contributed by atoms with Crippen LogP contribution in [0.5, 0.6) is 5.75 Å². The van der Waals surface area contributed by atoms with Crippen LogP contribution in [0.4, 0.5) is 0 Å². The first-order chi connectivity index (χ1) is 10.5. The maximum Gasteiger partial charge on any atom is 0.180 e. The molecule has 0 aliphatic carbocycles. The largest absolute Gasteiger partial charge is 0.473 e. The van der Waals surface area contributed by atoms with Crippen molar-refractivity contribution >= 4 is 17.4 Å². The minimum Gasteiger partial charge on any atom is -0.473 e. The lowest BCUT2D eigenvalue weighted by atomic mass is 10.1. The van der Waals surface area contributed by atoms with Crippen LogP contribution in [0.1, 0.15) is 25.5 Å². The van der Waals surface area contributed by atoms with E-state index in [-0.39, 0.29) is 0 Å². The number of hydrogen-bond donors (Lipinski definition) is 3. The summed E-state index contributed by atoms with van der Waals surface area (Å²) in [6.45, 7) is 4.14. The fourth-order valence-corrected chi connectivity index (χ4v) is 3.50. The molecule has 3 heterocycles. The molecule has 2 aromatic rings. The second-order valence-electron chi connectivity index (χ2n) is 5.79. The molecule has 3 rings (SSSR count). The highest BCUT2D eigenvalue weighted by Gasteiger charge is 2.38. The molecule has 0 bridgehead atoms. The van der Waals surface area contributed by atoms with Crippen LogP contribution in [-0.4, -0.2) is 54.2 Å². The Morgan fingerprint density at radius 1 is 1.32 bits per heavy atom. The van der Waals surface area contributed by atoms with Gasteiger partial charge in [-0.25, -0.2) is 4.98 Å². The van der Waals surface area contributed by atoms with Gasteiger partial charge in [-0.1, -0.05) is 13.8 Å². The number of aliphatic hydroxyl groups is 3. The molecule has 7 heteroatoms. The minimum absolute atomic E-state index is 0.305. The Hall–Kier alpha value is -1.28. The highest BCUT2D eigenvalue weighted by atomic mass is 32.2. The van der Waals surface area contributed by atoms with Crippen LogP contribution in [0.25, 0.3) is 5.65 Å². The third kappa shape index (κ3) is 2.81. The van der Waals surface area contributed by atoms with E-state index >= 15 is 0 Å². The number of aromatic nitrogens is 2. The molecule has 0 radical (unpaired) electrons. The molecule has 22 heavy (non-hydrogen) atoms. The summed E-state index contributed by atoms with van der Waals surface area (Å²) in [6.07, 6.45) is 0.570.